The van der Waals surface area contributed by atoms with Crippen LogP contribution in [0.4, 0.5) is 5.69 Å². The lowest BCUT2D eigenvalue weighted by Gasteiger charge is -2.23. The van der Waals surface area contributed by atoms with Gasteiger partial charge in [-0.15, -0.1) is 0 Å². The number of anilines is 1. The third-order valence-electron chi connectivity index (χ3n) is 4.05. The van der Waals surface area contributed by atoms with Crippen LogP contribution in [0.2, 0.25) is 0 Å². The van der Waals surface area contributed by atoms with Gasteiger partial charge >= 0.3 is 0 Å². The number of thioether (sulfide) groups is 1. The minimum atomic E-state index is -0.754. The lowest BCUT2D eigenvalue weighted by molar-refractivity contribution is 0.0612. The van der Waals surface area contributed by atoms with Crippen molar-refractivity contribution in [2.75, 3.05) is 29.9 Å². The van der Waals surface area contributed by atoms with Gasteiger partial charge in [-0.1, -0.05) is 26.8 Å². The van der Waals surface area contributed by atoms with E-state index in [9.17, 15) is 9.90 Å². The molecule has 1 fully saturated rings. The second-order valence-electron chi connectivity index (χ2n) is 7.60. The summed E-state index contributed by atoms with van der Waals surface area (Å²) < 4.78 is 0. The monoisotopic (exact) mass is 336 g/mol. The van der Waals surface area contributed by atoms with Crippen molar-refractivity contribution < 1.29 is 9.90 Å². The number of carbonyl (C=O) groups is 1. The van der Waals surface area contributed by atoms with Gasteiger partial charge < -0.3 is 15.7 Å². The molecule has 23 heavy (non-hydrogen) atoms. The van der Waals surface area contributed by atoms with E-state index < -0.39 is 5.60 Å². The molecule has 5 heteroatoms. The number of carbonyl (C=O) groups excluding carboxylic acids is 1. The topological polar surface area (TPSA) is 61.4 Å². The van der Waals surface area contributed by atoms with Crippen molar-refractivity contribution in [3.05, 3.63) is 29.3 Å². The van der Waals surface area contributed by atoms with Gasteiger partial charge in [0.2, 0.25) is 0 Å². The Morgan fingerprint density at radius 3 is 2.74 bits per heavy atom. The second kappa shape index (κ2) is 7.14. The molecular weight excluding hydrogens is 308 g/mol. The number of benzene rings is 1. The lowest BCUT2D eigenvalue weighted by Crippen LogP contribution is -2.43. The van der Waals surface area contributed by atoms with Gasteiger partial charge in [0.05, 0.1) is 5.60 Å². The fourth-order valence-electron chi connectivity index (χ4n) is 2.51. The molecular formula is C18H28N2O2S. The van der Waals surface area contributed by atoms with Gasteiger partial charge in [-0.25, -0.2) is 0 Å². The van der Waals surface area contributed by atoms with E-state index in [1.54, 1.807) is 11.8 Å². The Bertz CT molecular complexity index is 561. The van der Waals surface area contributed by atoms with E-state index in [0.717, 1.165) is 30.0 Å². The number of amides is 1. The third-order valence-corrected chi connectivity index (χ3v) is 5.28. The maximum atomic E-state index is 12.5. The molecule has 0 spiro atoms. The first-order valence-corrected chi connectivity index (χ1v) is 9.28. The van der Waals surface area contributed by atoms with Crippen LogP contribution in [0.1, 0.15) is 43.1 Å². The number of aliphatic hydroxyl groups is 1. The maximum Gasteiger partial charge on any atom is 0.251 e. The van der Waals surface area contributed by atoms with Crippen molar-refractivity contribution in [2.24, 2.45) is 5.41 Å². The van der Waals surface area contributed by atoms with Gasteiger partial charge in [-0.05, 0) is 42.2 Å². The van der Waals surface area contributed by atoms with E-state index in [4.69, 9.17) is 0 Å². The van der Waals surface area contributed by atoms with Gasteiger partial charge in [-0.3, -0.25) is 4.79 Å². The standard InChI is InChI=1S/C18H28N2O2S/c1-13-14(6-5-7-15(13)19-10-17(2,3)4)16(21)20-11-18(22)8-9-23-12-18/h5-7,19,22H,8-12H2,1-4H3,(H,20,21)/t18-/m0/s1. The fraction of sp³-hybridized carbons (Fsp3) is 0.611. The van der Waals surface area contributed by atoms with Crippen LogP contribution in [0.15, 0.2) is 18.2 Å². The average Bonchev–Trinajstić information content (AvgIpc) is 2.90. The minimum absolute atomic E-state index is 0.118. The Labute approximate surface area is 143 Å². The van der Waals surface area contributed by atoms with Crippen molar-refractivity contribution in [2.45, 2.75) is 39.7 Å². The molecule has 1 aromatic carbocycles. The first kappa shape index (κ1) is 18.1. The normalized spacial score (nSPS) is 21.3. The molecule has 1 aliphatic rings. The van der Waals surface area contributed by atoms with Crippen LogP contribution in [0.25, 0.3) is 0 Å². The highest BCUT2D eigenvalue weighted by molar-refractivity contribution is 7.99. The summed E-state index contributed by atoms with van der Waals surface area (Å²) >= 11 is 1.73. The molecule has 0 aromatic heterocycles. The third kappa shape index (κ3) is 5.15. The molecule has 1 aliphatic heterocycles. The summed E-state index contributed by atoms with van der Waals surface area (Å²) in [5.74, 6) is 1.53. The second-order valence-corrected chi connectivity index (χ2v) is 8.71. The van der Waals surface area contributed by atoms with Gasteiger partial charge in [0.15, 0.2) is 0 Å². The number of hydrogen-bond donors (Lipinski definition) is 3. The Morgan fingerprint density at radius 2 is 2.13 bits per heavy atom. The molecule has 1 atom stereocenters. The minimum Gasteiger partial charge on any atom is -0.387 e. The molecule has 3 N–H and O–H groups in total. The van der Waals surface area contributed by atoms with Crippen molar-refractivity contribution in [3.8, 4) is 0 Å². The first-order valence-electron chi connectivity index (χ1n) is 8.12. The summed E-state index contributed by atoms with van der Waals surface area (Å²) in [4.78, 5) is 12.5. The summed E-state index contributed by atoms with van der Waals surface area (Å²) in [6.07, 6.45) is 0.740. The van der Waals surface area contributed by atoms with Crippen LogP contribution in [0.5, 0.6) is 0 Å². The number of nitrogens with one attached hydrogen (secondary N) is 2. The summed E-state index contributed by atoms with van der Waals surface area (Å²) in [6, 6.07) is 5.73. The summed E-state index contributed by atoms with van der Waals surface area (Å²) in [7, 11) is 0. The average molecular weight is 337 g/mol. The molecule has 4 nitrogen and oxygen atoms in total. The van der Waals surface area contributed by atoms with Crippen molar-refractivity contribution in [3.63, 3.8) is 0 Å². The largest absolute Gasteiger partial charge is 0.387 e. The van der Waals surface area contributed by atoms with Gasteiger partial charge in [-0.2, -0.15) is 11.8 Å². The van der Waals surface area contributed by atoms with Crippen molar-refractivity contribution in [1.29, 1.82) is 0 Å². The molecule has 0 bridgehead atoms. The molecule has 0 saturated carbocycles. The Kier molecular flexibility index (Phi) is 5.63. The van der Waals surface area contributed by atoms with Crippen LogP contribution in [0, 0.1) is 12.3 Å². The molecule has 1 aromatic rings. The predicted molar refractivity (Wildman–Crippen MR) is 98.3 cm³/mol. The molecule has 128 valence electrons. The highest BCUT2D eigenvalue weighted by Crippen LogP contribution is 2.27. The highest BCUT2D eigenvalue weighted by atomic mass is 32.2. The summed E-state index contributed by atoms with van der Waals surface area (Å²) in [6.45, 7) is 9.64. The van der Waals surface area contributed by atoms with Gasteiger partial charge in [0, 0.05) is 30.1 Å². The van der Waals surface area contributed by atoms with Crippen molar-refractivity contribution in [1.82, 2.24) is 5.32 Å². The Hall–Kier alpha value is -1.20. The van der Waals surface area contributed by atoms with Crippen LogP contribution < -0.4 is 10.6 Å². The maximum absolute atomic E-state index is 12.5. The van der Waals surface area contributed by atoms with E-state index in [1.165, 1.54) is 0 Å². The predicted octanol–water partition coefficient (Wildman–Crippen LogP) is 3.05. The molecule has 1 heterocycles. The Balaban J connectivity index is 2.02. The highest BCUT2D eigenvalue weighted by Gasteiger charge is 2.32. The summed E-state index contributed by atoms with van der Waals surface area (Å²) in [5, 5.41) is 16.6. The number of hydrogen-bond acceptors (Lipinski definition) is 4. The number of rotatable bonds is 5. The van der Waals surface area contributed by atoms with Gasteiger partial charge in [0.25, 0.3) is 5.91 Å². The zero-order valence-corrected chi connectivity index (χ0v) is 15.3. The quantitative estimate of drug-likeness (QED) is 0.773. The first-order chi connectivity index (χ1) is 10.7. The van der Waals surface area contributed by atoms with Gasteiger partial charge in [0.1, 0.15) is 0 Å². The molecule has 0 radical (unpaired) electrons. The zero-order valence-electron chi connectivity index (χ0n) is 14.5. The van der Waals surface area contributed by atoms with Crippen LogP contribution >= 0.6 is 11.8 Å². The van der Waals surface area contributed by atoms with Crippen LogP contribution in [-0.4, -0.2) is 41.2 Å². The Morgan fingerprint density at radius 1 is 1.39 bits per heavy atom. The van der Waals surface area contributed by atoms with E-state index in [-0.39, 0.29) is 11.3 Å². The molecule has 0 unspecified atom stereocenters. The van der Waals surface area contributed by atoms with Crippen LogP contribution in [-0.2, 0) is 0 Å². The van der Waals surface area contributed by atoms with Crippen molar-refractivity contribution >= 4 is 23.4 Å². The molecule has 0 aliphatic carbocycles. The van der Waals surface area contributed by atoms with E-state index in [1.807, 2.05) is 25.1 Å². The van der Waals surface area contributed by atoms with E-state index >= 15 is 0 Å². The summed E-state index contributed by atoms with van der Waals surface area (Å²) in [5.41, 5.74) is 2.02. The fourth-order valence-corrected chi connectivity index (χ4v) is 3.80. The SMILES string of the molecule is Cc1c(NCC(C)(C)C)cccc1C(=O)NC[C@@]1(O)CCSC1. The molecule has 2 rings (SSSR count). The van der Waals surface area contributed by atoms with E-state index in [2.05, 4.69) is 31.4 Å². The molecule has 1 saturated heterocycles. The van der Waals surface area contributed by atoms with E-state index in [0.29, 0.717) is 17.9 Å². The van der Waals surface area contributed by atoms with Crippen LogP contribution in [0.3, 0.4) is 0 Å². The molecule has 1 amide bonds. The lowest BCUT2D eigenvalue weighted by atomic mass is 9.96. The zero-order chi connectivity index (χ0) is 17.1. The smallest absolute Gasteiger partial charge is 0.251 e.